The van der Waals surface area contributed by atoms with E-state index in [9.17, 15) is 4.79 Å². The normalized spacial score (nSPS) is 13.3. The fraction of sp³-hybridized carbons (Fsp3) is 0.900. The number of Topliss-reactive ketones (excluding diaryl/α,β-unsaturated/α-hetero) is 1. The van der Waals surface area contributed by atoms with Gasteiger partial charge >= 0.3 is 0 Å². The molecule has 0 saturated carbocycles. The molecule has 0 aromatic heterocycles. The van der Waals surface area contributed by atoms with Crippen molar-refractivity contribution in [3.8, 4) is 0 Å². The average molecular weight is 187 g/mol. The topological polar surface area (TPSA) is 40.5 Å². The Kier molecular flexibility index (Phi) is 6.82. The highest BCUT2D eigenvalue weighted by Gasteiger charge is 2.03. The number of hydrogen-bond acceptors (Lipinski definition) is 3. The fourth-order valence-corrected chi connectivity index (χ4v) is 1.27. The summed E-state index contributed by atoms with van der Waals surface area (Å²) >= 11 is 0. The number of aliphatic hydroxyl groups is 1. The van der Waals surface area contributed by atoms with Crippen molar-refractivity contribution in [1.29, 1.82) is 0 Å². The summed E-state index contributed by atoms with van der Waals surface area (Å²) in [4.78, 5) is 13.0. The van der Waals surface area contributed by atoms with Crippen LogP contribution in [-0.4, -0.2) is 42.0 Å². The van der Waals surface area contributed by atoms with Crippen molar-refractivity contribution >= 4 is 5.78 Å². The predicted octanol–water partition coefficient (Wildman–Crippen LogP) is 1.06. The number of nitrogens with zero attached hydrogens (tertiary/aromatic N) is 1. The number of ketones is 1. The van der Waals surface area contributed by atoms with E-state index >= 15 is 0 Å². The largest absolute Gasteiger partial charge is 0.392 e. The molecule has 0 aliphatic heterocycles. The smallest absolute Gasteiger partial charge is 0.132 e. The quantitative estimate of drug-likeness (QED) is 0.648. The van der Waals surface area contributed by atoms with Crippen molar-refractivity contribution in [1.82, 2.24) is 4.90 Å². The molecule has 3 heteroatoms. The van der Waals surface area contributed by atoms with Gasteiger partial charge in [-0.1, -0.05) is 6.92 Å². The fourth-order valence-electron chi connectivity index (χ4n) is 1.27. The summed E-state index contributed by atoms with van der Waals surface area (Å²) in [5.41, 5.74) is 0. The van der Waals surface area contributed by atoms with Crippen LogP contribution in [-0.2, 0) is 4.79 Å². The molecule has 0 aromatic rings. The van der Waals surface area contributed by atoms with Crippen molar-refractivity contribution in [3.05, 3.63) is 0 Å². The first kappa shape index (κ1) is 12.6. The van der Waals surface area contributed by atoms with Crippen LogP contribution in [0.5, 0.6) is 0 Å². The molecule has 13 heavy (non-hydrogen) atoms. The first-order valence-corrected chi connectivity index (χ1v) is 4.94. The van der Waals surface area contributed by atoms with Crippen LogP contribution in [0.15, 0.2) is 0 Å². The van der Waals surface area contributed by atoms with Crippen molar-refractivity contribution in [2.75, 3.05) is 20.1 Å². The van der Waals surface area contributed by atoms with Gasteiger partial charge in [0.15, 0.2) is 0 Å². The Bertz CT molecular complexity index is 146. The van der Waals surface area contributed by atoms with Gasteiger partial charge in [-0.25, -0.2) is 0 Å². The Balaban J connectivity index is 3.36. The second kappa shape index (κ2) is 7.04. The number of likely N-dealkylation sites (N-methyl/N-ethyl adjacent to an activating group) is 1. The molecular weight excluding hydrogens is 166 g/mol. The van der Waals surface area contributed by atoms with E-state index in [0.717, 1.165) is 13.0 Å². The Morgan fingerprint density at radius 2 is 2.15 bits per heavy atom. The van der Waals surface area contributed by atoms with Crippen LogP contribution >= 0.6 is 0 Å². The van der Waals surface area contributed by atoms with E-state index in [1.54, 1.807) is 6.92 Å². The van der Waals surface area contributed by atoms with Gasteiger partial charge in [0.25, 0.3) is 0 Å². The number of rotatable bonds is 7. The summed E-state index contributed by atoms with van der Waals surface area (Å²) in [6.07, 6.45) is 1.92. The van der Waals surface area contributed by atoms with Crippen molar-refractivity contribution < 1.29 is 9.90 Å². The third kappa shape index (κ3) is 7.94. The molecule has 0 fully saturated rings. The van der Waals surface area contributed by atoms with Crippen LogP contribution in [0.1, 0.15) is 33.1 Å². The molecule has 1 N–H and O–H groups in total. The van der Waals surface area contributed by atoms with Crippen molar-refractivity contribution in [3.63, 3.8) is 0 Å². The number of carbonyl (C=O) groups excluding carboxylic acids is 1. The molecule has 0 amide bonds. The molecule has 0 rings (SSSR count). The van der Waals surface area contributed by atoms with Crippen LogP contribution in [0.4, 0.5) is 0 Å². The minimum Gasteiger partial charge on any atom is -0.392 e. The maximum Gasteiger partial charge on any atom is 0.132 e. The second-order valence-electron chi connectivity index (χ2n) is 3.61. The van der Waals surface area contributed by atoms with Crippen LogP contribution in [0.25, 0.3) is 0 Å². The lowest BCUT2D eigenvalue weighted by atomic mass is 10.2. The predicted molar refractivity (Wildman–Crippen MR) is 53.7 cm³/mol. The lowest BCUT2D eigenvalue weighted by molar-refractivity contribution is -0.118. The first-order chi connectivity index (χ1) is 6.06. The molecular formula is C10H21NO2. The molecule has 78 valence electrons. The van der Waals surface area contributed by atoms with Gasteiger partial charge in [0.1, 0.15) is 5.78 Å². The minimum absolute atomic E-state index is 0.285. The van der Waals surface area contributed by atoms with Crippen LogP contribution < -0.4 is 0 Å². The molecule has 0 heterocycles. The summed E-state index contributed by atoms with van der Waals surface area (Å²) < 4.78 is 0. The average Bonchev–Trinajstić information content (AvgIpc) is 2.02. The van der Waals surface area contributed by atoms with Gasteiger partial charge in [0, 0.05) is 19.4 Å². The van der Waals surface area contributed by atoms with E-state index < -0.39 is 0 Å². The van der Waals surface area contributed by atoms with Crippen LogP contribution in [0, 0.1) is 0 Å². The molecule has 1 atom stereocenters. The zero-order valence-corrected chi connectivity index (χ0v) is 8.92. The molecule has 0 aliphatic carbocycles. The van der Waals surface area contributed by atoms with Gasteiger partial charge in [-0.3, -0.25) is 4.79 Å². The molecule has 0 radical (unpaired) electrons. The van der Waals surface area contributed by atoms with Crippen LogP contribution in [0.2, 0.25) is 0 Å². The van der Waals surface area contributed by atoms with E-state index in [4.69, 9.17) is 5.11 Å². The third-order valence-corrected chi connectivity index (χ3v) is 1.97. The van der Waals surface area contributed by atoms with Crippen molar-refractivity contribution in [2.24, 2.45) is 0 Å². The van der Waals surface area contributed by atoms with E-state index in [-0.39, 0.29) is 6.10 Å². The first-order valence-electron chi connectivity index (χ1n) is 4.94. The van der Waals surface area contributed by atoms with Gasteiger partial charge in [-0.2, -0.15) is 0 Å². The highest BCUT2D eigenvalue weighted by atomic mass is 16.3. The van der Waals surface area contributed by atoms with E-state index in [2.05, 4.69) is 0 Å². The Morgan fingerprint density at radius 1 is 1.54 bits per heavy atom. The van der Waals surface area contributed by atoms with Gasteiger partial charge in [-0.15, -0.1) is 0 Å². The van der Waals surface area contributed by atoms with Gasteiger partial charge in [0.2, 0.25) is 0 Å². The number of aliphatic hydroxyl groups excluding tert-OH is 1. The molecule has 0 aromatic carbocycles. The molecule has 0 bridgehead atoms. The standard InChI is InChI=1S/C10H21NO2/c1-4-10(13)6-5-7-11(3)8-9(2)12/h9,12H,4-8H2,1-3H3. The SMILES string of the molecule is CCC(=O)CCCN(C)CC(C)O. The highest BCUT2D eigenvalue weighted by Crippen LogP contribution is 1.97. The maximum atomic E-state index is 10.9. The monoisotopic (exact) mass is 187 g/mol. The lowest BCUT2D eigenvalue weighted by Gasteiger charge is -2.17. The Labute approximate surface area is 80.7 Å². The Hall–Kier alpha value is -0.410. The number of carbonyl (C=O) groups is 1. The Morgan fingerprint density at radius 3 is 2.62 bits per heavy atom. The van der Waals surface area contributed by atoms with Gasteiger partial charge < -0.3 is 10.0 Å². The molecule has 3 nitrogen and oxygen atoms in total. The maximum absolute atomic E-state index is 10.9. The summed E-state index contributed by atoms with van der Waals surface area (Å²) in [7, 11) is 1.96. The zero-order chi connectivity index (χ0) is 10.3. The van der Waals surface area contributed by atoms with E-state index in [1.807, 2.05) is 18.9 Å². The zero-order valence-electron chi connectivity index (χ0n) is 8.92. The summed E-state index contributed by atoms with van der Waals surface area (Å²) in [6.45, 7) is 5.23. The number of hydrogen-bond donors (Lipinski definition) is 1. The van der Waals surface area contributed by atoms with Crippen molar-refractivity contribution in [2.45, 2.75) is 39.2 Å². The summed E-state index contributed by atoms with van der Waals surface area (Å²) in [5, 5.41) is 9.07. The third-order valence-electron chi connectivity index (χ3n) is 1.97. The van der Waals surface area contributed by atoms with Gasteiger partial charge in [-0.05, 0) is 26.9 Å². The summed E-state index contributed by atoms with van der Waals surface area (Å²) in [6, 6.07) is 0. The van der Waals surface area contributed by atoms with E-state index in [0.29, 0.717) is 25.2 Å². The molecule has 0 saturated heterocycles. The molecule has 1 unspecified atom stereocenters. The minimum atomic E-state index is -0.285. The molecule has 0 spiro atoms. The second-order valence-corrected chi connectivity index (χ2v) is 3.61. The van der Waals surface area contributed by atoms with E-state index in [1.165, 1.54) is 0 Å². The highest BCUT2D eigenvalue weighted by molar-refractivity contribution is 5.77. The van der Waals surface area contributed by atoms with Crippen LogP contribution in [0.3, 0.4) is 0 Å². The molecule has 0 aliphatic rings. The summed E-state index contributed by atoms with van der Waals surface area (Å²) in [5.74, 6) is 0.324. The van der Waals surface area contributed by atoms with Gasteiger partial charge in [0.05, 0.1) is 6.10 Å². The lowest BCUT2D eigenvalue weighted by Crippen LogP contribution is -2.28.